The average Bonchev–Trinajstić information content (AvgIpc) is 2.69. The minimum Gasteiger partial charge on any atom is -0.361 e. The standard InChI is InChI=1S/C16H29N3O3S/c1-14-12-15(17-22-14)13-23(20,21)18-16(2,3)8-11-19-9-6-4-5-7-10-19/h12,18H,4-11,13H2,1-3H3. The van der Waals surface area contributed by atoms with Crippen LogP contribution in [0.5, 0.6) is 0 Å². The van der Waals surface area contributed by atoms with Crippen molar-refractivity contribution in [3.05, 3.63) is 17.5 Å². The quantitative estimate of drug-likeness (QED) is 0.823. The summed E-state index contributed by atoms with van der Waals surface area (Å²) >= 11 is 0. The molecule has 1 N–H and O–H groups in total. The smallest absolute Gasteiger partial charge is 0.217 e. The molecule has 0 amide bonds. The third-order valence-corrected chi connectivity index (χ3v) is 5.74. The first kappa shape index (κ1) is 18.4. The summed E-state index contributed by atoms with van der Waals surface area (Å²) in [6.07, 6.45) is 5.91. The third-order valence-electron chi connectivity index (χ3n) is 4.20. The van der Waals surface area contributed by atoms with Gasteiger partial charge in [0.25, 0.3) is 0 Å². The highest BCUT2D eigenvalue weighted by atomic mass is 32.2. The van der Waals surface area contributed by atoms with Crippen LogP contribution in [-0.2, 0) is 15.8 Å². The van der Waals surface area contributed by atoms with Crippen molar-refractivity contribution in [2.45, 2.75) is 64.2 Å². The van der Waals surface area contributed by atoms with Crippen molar-refractivity contribution in [1.82, 2.24) is 14.8 Å². The van der Waals surface area contributed by atoms with Crippen LogP contribution in [-0.4, -0.2) is 43.6 Å². The summed E-state index contributed by atoms with van der Waals surface area (Å²) < 4.78 is 32.4. The van der Waals surface area contributed by atoms with Gasteiger partial charge in [-0.25, -0.2) is 13.1 Å². The molecule has 1 aromatic rings. The summed E-state index contributed by atoms with van der Waals surface area (Å²) in [6, 6.07) is 1.66. The lowest BCUT2D eigenvalue weighted by molar-refractivity contribution is 0.251. The van der Waals surface area contributed by atoms with Gasteiger partial charge in [-0.1, -0.05) is 18.0 Å². The average molecular weight is 343 g/mol. The first-order valence-electron chi connectivity index (χ1n) is 8.42. The Morgan fingerprint density at radius 3 is 2.48 bits per heavy atom. The van der Waals surface area contributed by atoms with Gasteiger partial charge in [-0.05, 0) is 59.7 Å². The van der Waals surface area contributed by atoms with Crippen LogP contribution in [0, 0.1) is 6.92 Å². The molecule has 132 valence electrons. The number of sulfonamides is 1. The maximum atomic E-state index is 12.3. The molecule has 0 bridgehead atoms. The van der Waals surface area contributed by atoms with Crippen LogP contribution in [0.15, 0.2) is 10.6 Å². The number of hydrogen-bond donors (Lipinski definition) is 1. The van der Waals surface area contributed by atoms with E-state index >= 15 is 0 Å². The van der Waals surface area contributed by atoms with Gasteiger partial charge in [-0.15, -0.1) is 0 Å². The van der Waals surface area contributed by atoms with Crippen molar-refractivity contribution in [2.24, 2.45) is 0 Å². The highest BCUT2D eigenvalue weighted by Gasteiger charge is 2.26. The molecule has 23 heavy (non-hydrogen) atoms. The fraction of sp³-hybridized carbons (Fsp3) is 0.812. The van der Waals surface area contributed by atoms with E-state index in [1.165, 1.54) is 25.7 Å². The molecule has 0 unspecified atom stereocenters. The van der Waals surface area contributed by atoms with Gasteiger partial charge in [0.15, 0.2) is 0 Å². The largest absolute Gasteiger partial charge is 0.361 e. The molecule has 1 saturated heterocycles. The molecule has 0 aromatic carbocycles. The Hall–Kier alpha value is -0.920. The second-order valence-corrected chi connectivity index (χ2v) is 8.90. The lowest BCUT2D eigenvalue weighted by Gasteiger charge is -2.29. The Morgan fingerprint density at radius 2 is 1.91 bits per heavy atom. The molecular formula is C16H29N3O3S. The summed E-state index contributed by atoms with van der Waals surface area (Å²) in [4.78, 5) is 2.45. The predicted molar refractivity (Wildman–Crippen MR) is 90.6 cm³/mol. The summed E-state index contributed by atoms with van der Waals surface area (Å²) in [5.74, 6) is 0.480. The van der Waals surface area contributed by atoms with E-state index in [9.17, 15) is 8.42 Å². The van der Waals surface area contributed by atoms with E-state index in [0.717, 1.165) is 26.1 Å². The summed E-state index contributed by atoms with van der Waals surface area (Å²) in [5.41, 5.74) is -0.0254. The minimum atomic E-state index is -3.43. The molecule has 0 spiro atoms. The first-order valence-corrected chi connectivity index (χ1v) is 10.1. The Bertz CT molecular complexity index is 587. The molecule has 0 atom stereocenters. The van der Waals surface area contributed by atoms with Gasteiger partial charge in [0, 0.05) is 11.6 Å². The molecule has 0 radical (unpaired) electrons. The van der Waals surface area contributed by atoms with Crippen molar-refractivity contribution in [3.8, 4) is 0 Å². The van der Waals surface area contributed by atoms with Crippen molar-refractivity contribution >= 4 is 10.0 Å². The van der Waals surface area contributed by atoms with Crippen LogP contribution in [0.4, 0.5) is 0 Å². The summed E-state index contributed by atoms with van der Waals surface area (Å²) in [7, 11) is -3.43. The number of likely N-dealkylation sites (tertiary alicyclic amines) is 1. The van der Waals surface area contributed by atoms with E-state index in [1.807, 2.05) is 13.8 Å². The minimum absolute atomic E-state index is 0.141. The number of nitrogens with zero attached hydrogens (tertiary/aromatic N) is 2. The lowest BCUT2D eigenvalue weighted by atomic mass is 10.0. The van der Waals surface area contributed by atoms with Crippen molar-refractivity contribution in [1.29, 1.82) is 0 Å². The van der Waals surface area contributed by atoms with Crippen molar-refractivity contribution < 1.29 is 12.9 Å². The number of aromatic nitrogens is 1. The van der Waals surface area contributed by atoms with Crippen LogP contribution in [0.2, 0.25) is 0 Å². The fourth-order valence-corrected chi connectivity index (χ4v) is 4.53. The first-order chi connectivity index (χ1) is 10.8. The summed E-state index contributed by atoms with van der Waals surface area (Å²) in [5, 5.41) is 3.76. The van der Waals surface area contributed by atoms with Crippen LogP contribution in [0.1, 0.15) is 57.4 Å². The van der Waals surface area contributed by atoms with Gasteiger partial charge in [0.05, 0.1) is 0 Å². The Kier molecular flexibility index (Phi) is 6.22. The SMILES string of the molecule is Cc1cc(CS(=O)(=O)NC(C)(C)CCN2CCCCCC2)no1. The van der Waals surface area contributed by atoms with Gasteiger partial charge in [-0.2, -0.15) is 0 Å². The molecule has 1 aliphatic rings. The molecule has 2 heterocycles. The Morgan fingerprint density at radius 1 is 1.26 bits per heavy atom. The Labute approximate surface area is 139 Å². The summed E-state index contributed by atoms with van der Waals surface area (Å²) in [6.45, 7) is 8.81. The Balaban J connectivity index is 1.85. The zero-order valence-corrected chi connectivity index (χ0v) is 15.3. The molecule has 1 fully saturated rings. The number of aryl methyl sites for hydroxylation is 1. The maximum absolute atomic E-state index is 12.3. The molecule has 6 nitrogen and oxygen atoms in total. The lowest BCUT2D eigenvalue weighted by Crippen LogP contribution is -2.46. The molecule has 1 aromatic heterocycles. The van der Waals surface area contributed by atoms with E-state index in [1.54, 1.807) is 13.0 Å². The zero-order valence-electron chi connectivity index (χ0n) is 14.5. The highest BCUT2D eigenvalue weighted by molar-refractivity contribution is 7.88. The van der Waals surface area contributed by atoms with Crippen LogP contribution >= 0.6 is 0 Å². The second-order valence-electron chi connectivity index (χ2n) is 7.18. The zero-order chi connectivity index (χ0) is 16.9. The molecule has 1 aliphatic heterocycles. The monoisotopic (exact) mass is 343 g/mol. The fourth-order valence-electron chi connectivity index (χ4n) is 2.99. The third kappa shape index (κ3) is 6.61. The number of rotatable bonds is 7. The van der Waals surface area contributed by atoms with Crippen LogP contribution < -0.4 is 4.72 Å². The molecule has 0 aliphatic carbocycles. The van der Waals surface area contributed by atoms with E-state index < -0.39 is 15.6 Å². The molecule has 0 saturated carbocycles. The molecule has 2 rings (SSSR count). The van der Waals surface area contributed by atoms with Gasteiger partial charge in [-0.3, -0.25) is 0 Å². The van der Waals surface area contributed by atoms with Gasteiger partial charge in [0.2, 0.25) is 10.0 Å². The molecule has 7 heteroatoms. The van der Waals surface area contributed by atoms with E-state index in [0.29, 0.717) is 11.5 Å². The normalized spacial score (nSPS) is 18.0. The van der Waals surface area contributed by atoms with E-state index in [-0.39, 0.29) is 5.75 Å². The van der Waals surface area contributed by atoms with Crippen molar-refractivity contribution in [2.75, 3.05) is 19.6 Å². The van der Waals surface area contributed by atoms with Gasteiger partial charge < -0.3 is 9.42 Å². The number of hydrogen-bond acceptors (Lipinski definition) is 5. The van der Waals surface area contributed by atoms with E-state index in [2.05, 4.69) is 14.8 Å². The second kappa shape index (κ2) is 7.77. The topological polar surface area (TPSA) is 75.4 Å². The highest BCUT2D eigenvalue weighted by Crippen LogP contribution is 2.16. The van der Waals surface area contributed by atoms with Crippen LogP contribution in [0.3, 0.4) is 0 Å². The van der Waals surface area contributed by atoms with Crippen molar-refractivity contribution in [3.63, 3.8) is 0 Å². The number of nitrogens with one attached hydrogen (secondary N) is 1. The van der Waals surface area contributed by atoms with Gasteiger partial charge >= 0.3 is 0 Å². The van der Waals surface area contributed by atoms with E-state index in [4.69, 9.17) is 4.52 Å². The van der Waals surface area contributed by atoms with Crippen LogP contribution in [0.25, 0.3) is 0 Å². The van der Waals surface area contributed by atoms with Gasteiger partial charge in [0.1, 0.15) is 17.2 Å². The molecular weight excluding hydrogens is 314 g/mol. The maximum Gasteiger partial charge on any atom is 0.217 e. The predicted octanol–water partition coefficient (Wildman–Crippen LogP) is 2.45.